The van der Waals surface area contributed by atoms with Crippen LogP contribution in [0.15, 0.2) is 54.9 Å². The minimum absolute atomic E-state index is 0.0163. The molecule has 132 valence electrons. The van der Waals surface area contributed by atoms with Crippen LogP contribution in [0.5, 0.6) is 5.75 Å². The van der Waals surface area contributed by atoms with E-state index in [1.54, 1.807) is 24.3 Å². The van der Waals surface area contributed by atoms with Crippen LogP contribution in [0.3, 0.4) is 0 Å². The Balaban J connectivity index is 1.63. The molecule has 0 radical (unpaired) electrons. The Kier molecular flexibility index (Phi) is 5.66. The van der Waals surface area contributed by atoms with Crippen LogP contribution in [0.1, 0.15) is 24.8 Å². The molecule has 1 aromatic carbocycles. The fourth-order valence-corrected chi connectivity index (χ4v) is 3.33. The number of amides is 1. The zero-order valence-corrected chi connectivity index (χ0v) is 14.4. The number of para-hydroxylation sites is 1. The van der Waals surface area contributed by atoms with E-state index in [9.17, 15) is 9.90 Å². The van der Waals surface area contributed by atoms with Crippen LogP contribution in [-0.4, -0.2) is 46.2 Å². The molecule has 5 nitrogen and oxygen atoms in total. The quantitative estimate of drug-likeness (QED) is 0.908. The van der Waals surface area contributed by atoms with Crippen molar-refractivity contribution in [2.75, 3.05) is 7.05 Å². The van der Waals surface area contributed by atoms with Crippen molar-refractivity contribution in [3.63, 3.8) is 0 Å². The summed E-state index contributed by atoms with van der Waals surface area (Å²) in [5.41, 5.74) is 0.877. The fraction of sp³-hybridized carbons (Fsp3) is 0.400. The van der Waals surface area contributed by atoms with Gasteiger partial charge < -0.3 is 14.7 Å². The number of hydrogen-bond acceptors (Lipinski definition) is 4. The average Bonchev–Trinajstić information content (AvgIpc) is 2.64. The molecule has 1 fully saturated rings. The predicted molar refractivity (Wildman–Crippen MR) is 95.2 cm³/mol. The number of pyridine rings is 1. The maximum Gasteiger partial charge on any atom is 0.227 e. The molecule has 1 amide bonds. The summed E-state index contributed by atoms with van der Waals surface area (Å²) in [7, 11) is 1.76. The first-order valence-electron chi connectivity index (χ1n) is 8.69. The van der Waals surface area contributed by atoms with Gasteiger partial charge in [-0.1, -0.05) is 24.3 Å². The van der Waals surface area contributed by atoms with Crippen molar-refractivity contribution in [3.05, 3.63) is 60.4 Å². The molecule has 2 aromatic rings. The van der Waals surface area contributed by atoms with Crippen molar-refractivity contribution < 1.29 is 14.6 Å². The summed E-state index contributed by atoms with van der Waals surface area (Å²) < 4.78 is 5.95. The Morgan fingerprint density at radius 2 is 2.04 bits per heavy atom. The SMILES string of the molecule is CN(C(=O)Cc1cccnc1)[C@@H]1CCC[C@H](Oc2ccccc2)[C@H]1O. The highest BCUT2D eigenvalue weighted by atomic mass is 16.5. The minimum atomic E-state index is -0.697. The van der Waals surface area contributed by atoms with Crippen molar-refractivity contribution in [3.8, 4) is 5.75 Å². The molecule has 0 unspecified atom stereocenters. The number of likely N-dealkylation sites (N-methyl/N-ethyl adjacent to an activating group) is 1. The number of aliphatic hydroxyl groups excluding tert-OH is 1. The number of carbonyl (C=O) groups is 1. The second kappa shape index (κ2) is 8.12. The number of nitrogens with zero attached hydrogens (tertiary/aromatic N) is 2. The van der Waals surface area contributed by atoms with Crippen LogP contribution in [-0.2, 0) is 11.2 Å². The first kappa shape index (κ1) is 17.4. The minimum Gasteiger partial charge on any atom is -0.488 e. The molecule has 1 aliphatic rings. The number of aromatic nitrogens is 1. The molecule has 0 spiro atoms. The van der Waals surface area contributed by atoms with Crippen LogP contribution in [0.2, 0.25) is 0 Å². The topological polar surface area (TPSA) is 62.7 Å². The maximum absolute atomic E-state index is 12.6. The third-order valence-electron chi connectivity index (χ3n) is 4.76. The van der Waals surface area contributed by atoms with Gasteiger partial charge in [-0.25, -0.2) is 0 Å². The summed E-state index contributed by atoms with van der Waals surface area (Å²) in [6.07, 6.45) is 5.18. The monoisotopic (exact) mass is 340 g/mol. The number of carbonyl (C=O) groups excluding carboxylic acids is 1. The maximum atomic E-state index is 12.6. The Morgan fingerprint density at radius 1 is 1.24 bits per heavy atom. The van der Waals surface area contributed by atoms with E-state index >= 15 is 0 Å². The van der Waals surface area contributed by atoms with Crippen LogP contribution in [0.25, 0.3) is 0 Å². The highest BCUT2D eigenvalue weighted by Gasteiger charge is 2.37. The lowest BCUT2D eigenvalue weighted by atomic mass is 9.88. The molecule has 25 heavy (non-hydrogen) atoms. The zero-order chi connectivity index (χ0) is 17.6. The Morgan fingerprint density at radius 3 is 2.76 bits per heavy atom. The molecule has 5 heteroatoms. The molecule has 1 saturated carbocycles. The molecule has 3 rings (SSSR count). The average molecular weight is 340 g/mol. The molecular weight excluding hydrogens is 316 g/mol. The van der Waals surface area contributed by atoms with Gasteiger partial charge in [-0.2, -0.15) is 0 Å². The van der Waals surface area contributed by atoms with Crippen LogP contribution >= 0.6 is 0 Å². The van der Waals surface area contributed by atoms with Crippen molar-refractivity contribution in [2.45, 2.75) is 43.9 Å². The Labute approximate surface area is 148 Å². The van der Waals surface area contributed by atoms with E-state index in [4.69, 9.17) is 4.74 Å². The molecule has 1 aliphatic carbocycles. The normalized spacial score (nSPS) is 23.0. The van der Waals surface area contributed by atoms with Gasteiger partial charge in [0.1, 0.15) is 18.0 Å². The lowest BCUT2D eigenvalue weighted by molar-refractivity contribution is -0.137. The standard InChI is InChI=1S/C20H24N2O3/c1-22(19(23)13-15-7-6-12-21-14-15)17-10-5-11-18(20(17)24)25-16-8-3-2-4-9-16/h2-4,6-9,12,14,17-18,20,24H,5,10-11,13H2,1H3/t17-,18+,20+/m1/s1. The number of aliphatic hydroxyl groups is 1. The second-order valence-corrected chi connectivity index (χ2v) is 6.50. The number of rotatable bonds is 5. The van der Waals surface area contributed by atoms with Crippen molar-refractivity contribution >= 4 is 5.91 Å². The van der Waals surface area contributed by atoms with Crippen molar-refractivity contribution in [1.82, 2.24) is 9.88 Å². The van der Waals surface area contributed by atoms with E-state index < -0.39 is 6.10 Å². The molecule has 0 bridgehead atoms. The summed E-state index contributed by atoms with van der Waals surface area (Å²) in [4.78, 5) is 18.3. The lowest BCUT2D eigenvalue weighted by Gasteiger charge is -2.39. The number of ether oxygens (including phenoxy) is 1. The van der Waals surface area contributed by atoms with Gasteiger partial charge in [0.05, 0.1) is 12.5 Å². The molecule has 1 heterocycles. The molecule has 1 N–H and O–H groups in total. The highest BCUT2D eigenvalue weighted by molar-refractivity contribution is 5.78. The summed E-state index contributed by atoms with van der Waals surface area (Å²) in [6, 6.07) is 13.0. The summed E-state index contributed by atoms with van der Waals surface area (Å²) in [6.45, 7) is 0. The molecule has 0 saturated heterocycles. The zero-order valence-electron chi connectivity index (χ0n) is 14.4. The van der Waals surface area contributed by atoms with Crippen LogP contribution in [0.4, 0.5) is 0 Å². The van der Waals surface area contributed by atoms with E-state index in [-0.39, 0.29) is 24.5 Å². The van der Waals surface area contributed by atoms with E-state index in [0.29, 0.717) is 0 Å². The smallest absolute Gasteiger partial charge is 0.227 e. The molecule has 1 aromatic heterocycles. The van der Waals surface area contributed by atoms with Gasteiger partial charge in [0.15, 0.2) is 0 Å². The summed E-state index contributed by atoms with van der Waals surface area (Å²) >= 11 is 0. The second-order valence-electron chi connectivity index (χ2n) is 6.50. The van der Waals surface area contributed by atoms with Gasteiger partial charge in [-0.15, -0.1) is 0 Å². The largest absolute Gasteiger partial charge is 0.488 e. The molecule has 0 aliphatic heterocycles. The van der Waals surface area contributed by atoms with Crippen molar-refractivity contribution in [2.24, 2.45) is 0 Å². The molecular formula is C20H24N2O3. The van der Waals surface area contributed by atoms with Gasteiger partial charge in [0, 0.05) is 19.4 Å². The highest BCUT2D eigenvalue weighted by Crippen LogP contribution is 2.27. The van der Waals surface area contributed by atoms with E-state index in [0.717, 1.165) is 30.6 Å². The summed E-state index contributed by atoms with van der Waals surface area (Å²) in [5, 5.41) is 10.7. The Hall–Kier alpha value is -2.40. The van der Waals surface area contributed by atoms with Gasteiger partial charge in [-0.3, -0.25) is 9.78 Å². The number of hydrogen-bond donors (Lipinski definition) is 1. The van der Waals surface area contributed by atoms with Gasteiger partial charge >= 0.3 is 0 Å². The van der Waals surface area contributed by atoms with E-state index in [1.165, 1.54) is 0 Å². The fourth-order valence-electron chi connectivity index (χ4n) is 3.33. The first-order chi connectivity index (χ1) is 12.1. The van der Waals surface area contributed by atoms with Gasteiger partial charge in [0.2, 0.25) is 5.91 Å². The Bertz CT molecular complexity index is 678. The summed E-state index contributed by atoms with van der Waals surface area (Å²) in [5.74, 6) is 0.731. The first-order valence-corrected chi connectivity index (χ1v) is 8.69. The van der Waals surface area contributed by atoms with Gasteiger partial charge in [0.25, 0.3) is 0 Å². The third-order valence-corrected chi connectivity index (χ3v) is 4.76. The van der Waals surface area contributed by atoms with E-state index in [2.05, 4.69) is 4.98 Å². The van der Waals surface area contributed by atoms with Crippen LogP contribution < -0.4 is 4.74 Å². The van der Waals surface area contributed by atoms with Crippen molar-refractivity contribution in [1.29, 1.82) is 0 Å². The third kappa shape index (κ3) is 4.37. The predicted octanol–water partition coefficient (Wildman–Crippen LogP) is 2.44. The van der Waals surface area contributed by atoms with Crippen LogP contribution in [0, 0.1) is 0 Å². The molecule has 3 atom stereocenters. The van der Waals surface area contributed by atoms with Gasteiger partial charge in [-0.05, 0) is 43.0 Å². The number of benzene rings is 1. The lowest BCUT2D eigenvalue weighted by Crippen LogP contribution is -2.53. The van der Waals surface area contributed by atoms with E-state index in [1.807, 2.05) is 42.5 Å².